The molecule has 0 spiro atoms. The second-order valence-electron chi connectivity index (χ2n) is 13.0. The van der Waals surface area contributed by atoms with Crippen LogP contribution in [0, 0.1) is 0 Å². The van der Waals surface area contributed by atoms with Crippen LogP contribution in [0.25, 0.3) is 87.7 Å². The van der Waals surface area contributed by atoms with Crippen molar-refractivity contribution >= 4 is 100 Å². The van der Waals surface area contributed by atoms with Gasteiger partial charge in [0.15, 0.2) is 5.78 Å². The predicted octanol–water partition coefficient (Wildman–Crippen LogP) is 13.4. The lowest BCUT2D eigenvalue weighted by molar-refractivity contribution is 0.0697. The van der Waals surface area contributed by atoms with Gasteiger partial charge in [0.2, 0.25) is 0 Å². The average Bonchev–Trinajstić information content (AvgIpc) is 3.85. The molecule has 0 saturated carbocycles. The molecule has 8 aromatic carbocycles. The number of furan rings is 2. The molecule has 0 radical (unpaired) electrons. The standard InChI is InChI=1S/C23H13ClO3.C23H11ClO2/c24-19-12-18(23(25)26)21(15-8-2-1-6-13(15)19)17-10-5-9-16-14-7-3-4-11-20(14)27-22(16)17;24-18-11-17-20(14-7-2-1-5-12(14)18)21-16(22(17)25)10-9-15-13-6-3-4-8-19(13)26-23(15)21/h1-12H,(H,25,26);1-11H. The van der Waals surface area contributed by atoms with E-state index >= 15 is 0 Å². The van der Waals surface area contributed by atoms with Gasteiger partial charge < -0.3 is 13.9 Å². The summed E-state index contributed by atoms with van der Waals surface area (Å²) in [7, 11) is 0. The average molecular weight is 728 g/mol. The molecule has 1 aliphatic rings. The molecule has 0 fully saturated rings. The zero-order valence-electron chi connectivity index (χ0n) is 27.6. The van der Waals surface area contributed by atoms with Crippen LogP contribution in [-0.2, 0) is 0 Å². The Bertz CT molecular complexity index is 3210. The maximum Gasteiger partial charge on any atom is 0.336 e. The normalized spacial score (nSPS) is 12.2. The van der Waals surface area contributed by atoms with Crippen molar-refractivity contribution < 1.29 is 23.5 Å². The summed E-state index contributed by atoms with van der Waals surface area (Å²) in [5, 5.41) is 18.4. The lowest BCUT2D eigenvalue weighted by atomic mass is 9.92. The second kappa shape index (κ2) is 11.8. The summed E-state index contributed by atoms with van der Waals surface area (Å²) in [4.78, 5) is 25.1. The van der Waals surface area contributed by atoms with Gasteiger partial charge in [0.05, 0.1) is 5.56 Å². The predicted molar refractivity (Wildman–Crippen MR) is 214 cm³/mol. The van der Waals surface area contributed by atoms with E-state index in [9.17, 15) is 14.7 Å². The van der Waals surface area contributed by atoms with E-state index in [0.717, 1.165) is 76.5 Å². The zero-order valence-corrected chi connectivity index (χ0v) is 29.1. The third kappa shape index (κ3) is 4.65. The van der Waals surface area contributed by atoms with Crippen LogP contribution in [0.1, 0.15) is 26.3 Å². The maximum atomic E-state index is 13.0. The van der Waals surface area contributed by atoms with Crippen LogP contribution in [0.4, 0.5) is 0 Å². The number of hydrogen-bond donors (Lipinski definition) is 1. The van der Waals surface area contributed by atoms with E-state index in [1.54, 1.807) is 6.07 Å². The van der Waals surface area contributed by atoms with Crippen LogP contribution in [0.2, 0.25) is 10.0 Å². The minimum Gasteiger partial charge on any atom is -0.478 e. The van der Waals surface area contributed by atoms with E-state index < -0.39 is 5.97 Å². The van der Waals surface area contributed by atoms with Gasteiger partial charge in [-0.2, -0.15) is 0 Å². The van der Waals surface area contributed by atoms with Crippen LogP contribution in [0.5, 0.6) is 0 Å². The molecule has 10 aromatic rings. The van der Waals surface area contributed by atoms with E-state index in [1.165, 1.54) is 6.07 Å². The number of rotatable bonds is 2. The number of benzene rings is 8. The molecular weight excluding hydrogens is 703 g/mol. The van der Waals surface area contributed by atoms with Crippen LogP contribution in [0.3, 0.4) is 0 Å². The largest absolute Gasteiger partial charge is 0.478 e. The van der Waals surface area contributed by atoms with Crippen molar-refractivity contribution in [1.82, 2.24) is 0 Å². The fraction of sp³-hybridized carbons (Fsp3) is 0. The molecule has 1 aliphatic carbocycles. The highest BCUT2D eigenvalue weighted by molar-refractivity contribution is 6.39. The molecule has 5 nitrogen and oxygen atoms in total. The molecular formula is C46H24Cl2O5. The molecule has 0 aliphatic heterocycles. The van der Waals surface area contributed by atoms with Crippen molar-refractivity contribution in [3.05, 3.63) is 166 Å². The summed E-state index contributed by atoms with van der Waals surface area (Å²) in [5.74, 6) is -1.02. The molecule has 0 saturated heterocycles. The Morgan fingerprint density at radius 1 is 0.453 bits per heavy atom. The molecule has 0 atom stereocenters. The van der Waals surface area contributed by atoms with Gasteiger partial charge in [-0.1, -0.05) is 126 Å². The molecule has 53 heavy (non-hydrogen) atoms. The molecule has 2 heterocycles. The maximum absolute atomic E-state index is 13.0. The van der Waals surface area contributed by atoms with Gasteiger partial charge in [-0.15, -0.1) is 0 Å². The Hall–Kier alpha value is -6.40. The van der Waals surface area contributed by atoms with Gasteiger partial charge in [-0.3, -0.25) is 4.79 Å². The number of aromatic carboxylic acids is 1. The second-order valence-corrected chi connectivity index (χ2v) is 13.8. The first-order chi connectivity index (χ1) is 25.9. The molecule has 252 valence electrons. The van der Waals surface area contributed by atoms with Crippen molar-refractivity contribution in [3.8, 4) is 22.3 Å². The Morgan fingerprint density at radius 3 is 1.60 bits per heavy atom. The van der Waals surface area contributed by atoms with Gasteiger partial charge >= 0.3 is 5.97 Å². The van der Waals surface area contributed by atoms with Crippen LogP contribution in [0.15, 0.2) is 148 Å². The number of carboxylic acid groups (broad SMARTS) is 1. The van der Waals surface area contributed by atoms with Gasteiger partial charge in [-0.05, 0) is 47.2 Å². The topological polar surface area (TPSA) is 80.6 Å². The van der Waals surface area contributed by atoms with Gasteiger partial charge in [0.1, 0.15) is 22.3 Å². The Kier molecular flexibility index (Phi) is 6.99. The van der Waals surface area contributed by atoms with Crippen LogP contribution < -0.4 is 0 Å². The third-order valence-corrected chi connectivity index (χ3v) is 10.8. The van der Waals surface area contributed by atoms with E-state index in [-0.39, 0.29) is 11.3 Å². The molecule has 0 amide bonds. The number of carbonyl (C=O) groups excluding carboxylic acids is 1. The molecule has 11 rings (SSSR count). The van der Waals surface area contributed by atoms with E-state index in [4.69, 9.17) is 32.0 Å². The molecule has 7 heteroatoms. The van der Waals surface area contributed by atoms with Gasteiger partial charge in [-0.25, -0.2) is 4.79 Å². The first-order valence-electron chi connectivity index (χ1n) is 16.9. The fourth-order valence-corrected chi connectivity index (χ4v) is 8.43. The number of carboxylic acids is 1. The highest BCUT2D eigenvalue weighted by atomic mass is 35.5. The SMILES string of the molecule is O=C(O)c1cc(Cl)c2ccccc2c1-c1cccc2c1oc1ccccc12.O=C1c2cc(Cl)c3ccccc3c2-c2c1ccc1c2oc2ccccc21. The summed E-state index contributed by atoms with van der Waals surface area (Å²) in [6, 6.07) is 44.3. The Morgan fingerprint density at radius 2 is 0.962 bits per heavy atom. The van der Waals surface area contributed by atoms with Gasteiger partial charge in [0, 0.05) is 75.7 Å². The van der Waals surface area contributed by atoms with Crippen molar-refractivity contribution in [3.63, 3.8) is 0 Å². The fourth-order valence-electron chi connectivity index (χ4n) is 7.88. The summed E-state index contributed by atoms with van der Waals surface area (Å²) in [6.07, 6.45) is 0. The lowest BCUT2D eigenvalue weighted by Crippen LogP contribution is -2.01. The van der Waals surface area contributed by atoms with Crippen molar-refractivity contribution in [2.24, 2.45) is 0 Å². The monoisotopic (exact) mass is 726 g/mol. The minimum absolute atomic E-state index is 0.00464. The van der Waals surface area contributed by atoms with E-state index in [2.05, 4.69) is 0 Å². The summed E-state index contributed by atoms with van der Waals surface area (Å²) < 4.78 is 12.3. The minimum atomic E-state index is -1.02. The Balaban J connectivity index is 0.000000132. The first kappa shape index (κ1) is 31.3. The molecule has 0 bridgehead atoms. The zero-order chi connectivity index (χ0) is 36.0. The quantitative estimate of drug-likeness (QED) is 0.192. The summed E-state index contributed by atoms with van der Waals surface area (Å²) >= 11 is 12.8. The van der Waals surface area contributed by atoms with E-state index in [0.29, 0.717) is 32.3 Å². The number of halogens is 2. The molecule has 2 aromatic heterocycles. The van der Waals surface area contributed by atoms with E-state index in [1.807, 2.05) is 127 Å². The van der Waals surface area contributed by atoms with Crippen molar-refractivity contribution in [1.29, 1.82) is 0 Å². The number of para-hydroxylation sites is 3. The lowest BCUT2D eigenvalue weighted by Gasteiger charge is -2.13. The molecule has 1 N–H and O–H groups in total. The summed E-state index contributed by atoms with van der Waals surface area (Å²) in [6.45, 7) is 0. The highest BCUT2D eigenvalue weighted by Gasteiger charge is 2.32. The number of ketones is 1. The molecule has 0 unspecified atom stereocenters. The van der Waals surface area contributed by atoms with Crippen LogP contribution in [-0.4, -0.2) is 16.9 Å². The highest BCUT2D eigenvalue weighted by Crippen LogP contribution is 2.48. The summed E-state index contributed by atoms with van der Waals surface area (Å²) in [5.41, 5.74) is 7.70. The Labute approximate surface area is 311 Å². The van der Waals surface area contributed by atoms with Crippen molar-refractivity contribution in [2.45, 2.75) is 0 Å². The van der Waals surface area contributed by atoms with Crippen LogP contribution >= 0.6 is 23.2 Å². The first-order valence-corrected chi connectivity index (χ1v) is 17.7. The number of fused-ring (bicyclic) bond motifs is 13. The smallest absolute Gasteiger partial charge is 0.336 e. The van der Waals surface area contributed by atoms with Crippen molar-refractivity contribution in [2.75, 3.05) is 0 Å². The van der Waals surface area contributed by atoms with Gasteiger partial charge in [0.25, 0.3) is 0 Å². The number of carbonyl (C=O) groups is 2. The third-order valence-electron chi connectivity index (χ3n) is 10.2. The number of hydrogen-bond acceptors (Lipinski definition) is 4.